The van der Waals surface area contributed by atoms with Gasteiger partial charge in [-0.05, 0) is 26.2 Å². The predicted octanol–water partition coefficient (Wildman–Crippen LogP) is 1.78. The quantitative estimate of drug-likeness (QED) is 0.361. The van der Waals surface area contributed by atoms with Crippen LogP contribution in [0, 0.1) is 5.41 Å². The Balaban J connectivity index is 2.50. The Morgan fingerprint density at radius 1 is 1.20 bits per heavy atom. The Bertz CT molecular complexity index is 474. The molecule has 3 atom stereocenters. The van der Waals surface area contributed by atoms with Crippen molar-refractivity contribution in [3.63, 3.8) is 0 Å². The minimum absolute atomic E-state index is 0.0397. The van der Waals surface area contributed by atoms with Crippen molar-refractivity contribution in [3.05, 3.63) is 0 Å². The summed E-state index contributed by atoms with van der Waals surface area (Å²) in [5.74, 6) is 1.55. The molecule has 1 aliphatic carbocycles. The predicted molar refractivity (Wildman–Crippen MR) is 106 cm³/mol. The lowest BCUT2D eigenvalue weighted by molar-refractivity contribution is -0.128. The van der Waals surface area contributed by atoms with Gasteiger partial charge in [0.25, 0.3) is 0 Å². The number of nitrogens with zero attached hydrogens (tertiary/aromatic N) is 1. The van der Waals surface area contributed by atoms with Crippen molar-refractivity contribution < 1.29 is 9.00 Å². The summed E-state index contributed by atoms with van der Waals surface area (Å²) in [6.07, 6.45) is 4.19. The average molecular weight is 373 g/mol. The maximum absolute atomic E-state index is 12.1. The Hall–Kier alpha value is -1.11. The van der Waals surface area contributed by atoms with Crippen LogP contribution in [-0.4, -0.2) is 52.8 Å². The van der Waals surface area contributed by atoms with Gasteiger partial charge in [-0.2, -0.15) is 0 Å². The van der Waals surface area contributed by atoms with Crippen LogP contribution < -0.4 is 16.0 Å². The zero-order valence-corrected chi connectivity index (χ0v) is 17.3. The van der Waals surface area contributed by atoms with E-state index < -0.39 is 10.8 Å². The smallest absolute Gasteiger partial charge is 0.225 e. The number of guanidine groups is 1. The van der Waals surface area contributed by atoms with Crippen molar-refractivity contribution in [1.29, 1.82) is 0 Å². The number of rotatable bonds is 7. The van der Waals surface area contributed by atoms with E-state index in [1.165, 1.54) is 0 Å². The summed E-state index contributed by atoms with van der Waals surface area (Å²) in [6.45, 7) is 11.6. The molecule has 0 aromatic rings. The van der Waals surface area contributed by atoms with Gasteiger partial charge in [0, 0.05) is 46.3 Å². The fourth-order valence-electron chi connectivity index (χ4n) is 2.87. The van der Waals surface area contributed by atoms with E-state index in [4.69, 9.17) is 0 Å². The van der Waals surface area contributed by atoms with E-state index in [0.29, 0.717) is 24.4 Å². The van der Waals surface area contributed by atoms with Gasteiger partial charge < -0.3 is 16.0 Å². The van der Waals surface area contributed by atoms with Crippen molar-refractivity contribution in [2.45, 2.75) is 71.6 Å². The molecule has 1 rings (SSSR count). The van der Waals surface area contributed by atoms with Crippen molar-refractivity contribution in [1.82, 2.24) is 16.0 Å². The normalized spacial score (nSPS) is 23.0. The standard InChI is InChI=1S/C18H36N4O2S/c1-6-19-17(21-12-11-20-16(23)18(3,4)5)22-14-9-8-10-15(13-14)25(24)7-2/h14-15H,6-13H2,1-5H3,(H,20,23)(H2,19,21,22). The van der Waals surface area contributed by atoms with E-state index in [-0.39, 0.29) is 11.3 Å². The van der Waals surface area contributed by atoms with Crippen LogP contribution in [0.2, 0.25) is 0 Å². The Morgan fingerprint density at radius 2 is 1.92 bits per heavy atom. The minimum atomic E-state index is -0.721. The zero-order chi connectivity index (χ0) is 18.9. The van der Waals surface area contributed by atoms with Crippen molar-refractivity contribution in [2.24, 2.45) is 10.4 Å². The SMILES string of the molecule is CCNC(=NCCNC(=O)C(C)(C)C)NC1CCCC(S(=O)CC)C1. The van der Waals surface area contributed by atoms with Gasteiger partial charge in [-0.1, -0.05) is 34.1 Å². The van der Waals surface area contributed by atoms with Gasteiger partial charge in [0.2, 0.25) is 5.91 Å². The molecule has 1 fully saturated rings. The number of amides is 1. The summed E-state index contributed by atoms with van der Waals surface area (Å²) in [7, 11) is -0.721. The second kappa shape index (κ2) is 10.8. The maximum Gasteiger partial charge on any atom is 0.225 e. The first-order valence-electron chi connectivity index (χ1n) is 9.48. The Morgan fingerprint density at radius 3 is 2.52 bits per heavy atom. The number of carbonyl (C=O) groups is 1. The fraction of sp³-hybridized carbons (Fsp3) is 0.889. The van der Waals surface area contributed by atoms with Crippen molar-refractivity contribution in [3.8, 4) is 0 Å². The molecular formula is C18H36N4O2S. The van der Waals surface area contributed by atoms with Gasteiger partial charge >= 0.3 is 0 Å². The number of hydrogen-bond donors (Lipinski definition) is 3. The maximum atomic E-state index is 12.1. The third-order valence-electron chi connectivity index (χ3n) is 4.32. The molecule has 1 saturated carbocycles. The molecule has 146 valence electrons. The van der Waals surface area contributed by atoms with Crippen molar-refractivity contribution >= 4 is 22.7 Å². The zero-order valence-electron chi connectivity index (χ0n) is 16.5. The van der Waals surface area contributed by atoms with Gasteiger partial charge in [0.15, 0.2) is 5.96 Å². The lowest BCUT2D eigenvalue weighted by Gasteiger charge is -2.30. The second-order valence-corrected chi connectivity index (χ2v) is 9.57. The molecule has 0 radical (unpaired) electrons. The summed E-state index contributed by atoms with van der Waals surface area (Å²) < 4.78 is 12.1. The molecule has 0 saturated heterocycles. The molecule has 25 heavy (non-hydrogen) atoms. The first-order valence-corrected chi connectivity index (χ1v) is 10.9. The van der Waals surface area contributed by atoms with Crippen LogP contribution in [0.25, 0.3) is 0 Å². The van der Waals surface area contributed by atoms with Gasteiger partial charge in [0.1, 0.15) is 0 Å². The first-order chi connectivity index (χ1) is 11.8. The Labute approximate surface area is 155 Å². The summed E-state index contributed by atoms with van der Waals surface area (Å²) in [6, 6.07) is 0.316. The van der Waals surface area contributed by atoms with Crippen LogP contribution in [-0.2, 0) is 15.6 Å². The average Bonchev–Trinajstić information content (AvgIpc) is 2.57. The van der Waals surface area contributed by atoms with Gasteiger partial charge in [-0.3, -0.25) is 14.0 Å². The van der Waals surface area contributed by atoms with E-state index in [9.17, 15) is 9.00 Å². The van der Waals surface area contributed by atoms with E-state index in [2.05, 4.69) is 20.9 Å². The van der Waals surface area contributed by atoms with Crippen LogP contribution >= 0.6 is 0 Å². The Kier molecular flexibility index (Phi) is 9.46. The van der Waals surface area contributed by atoms with E-state index in [1.54, 1.807) is 0 Å². The van der Waals surface area contributed by atoms with Crippen LogP contribution in [0.5, 0.6) is 0 Å². The first kappa shape index (κ1) is 21.9. The third-order valence-corrected chi connectivity index (χ3v) is 6.06. The number of aliphatic imine (C=N–C) groups is 1. The highest BCUT2D eigenvalue weighted by molar-refractivity contribution is 7.85. The molecule has 0 aromatic heterocycles. The third kappa shape index (κ3) is 8.21. The molecule has 3 N–H and O–H groups in total. The summed E-state index contributed by atoms with van der Waals surface area (Å²) in [5, 5.41) is 9.94. The number of carbonyl (C=O) groups excluding carboxylic acids is 1. The van der Waals surface area contributed by atoms with Crippen LogP contribution in [0.15, 0.2) is 4.99 Å². The van der Waals surface area contributed by atoms with Crippen LogP contribution in [0.3, 0.4) is 0 Å². The molecule has 7 heteroatoms. The molecule has 0 aromatic carbocycles. The topological polar surface area (TPSA) is 82.6 Å². The van der Waals surface area contributed by atoms with E-state index in [0.717, 1.165) is 43.9 Å². The molecule has 6 nitrogen and oxygen atoms in total. The van der Waals surface area contributed by atoms with Crippen LogP contribution in [0.4, 0.5) is 0 Å². The van der Waals surface area contributed by atoms with E-state index >= 15 is 0 Å². The molecule has 0 heterocycles. The molecule has 0 aliphatic heterocycles. The lowest BCUT2D eigenvalue weighted by Crippen LogP contribution is -2.47. The summed E-state index contributed by atoms with van der Waals surface area (Å²) >= 11 is 0. The number of hydrogen-bond acceptors (Lipinski definition) is 3. The highest BCUT2D eigenvalue weighted by Crippen LogP contribution is 2.22. The van der Waals surface area contributed by atoms with Crippen molar-refractivity contribution in [2.75, 3.05) is 25.4 Å². The highest BCUT2D eigenvalue weighted by atomic mass is 32.2. The molecular weight excluding hydrogens is 336 g/mol. The highest BCUT2D eigenvalue weighted by Gasteiger charge is 2.26. The van der Waals surface area contributed by atoms with Gasteiger partial charge in [-0.25, -0.2) is 0 Å². The fourth-order valence-corrected chi connectivity index (χ4v) is 4.21. The van der Waals surface area contributed by atoms with Gasteiger partial charge in [-0.15, -0.1) is 0 Å². The summed E-state index contributed by atoms with van der Waals surface area (Å²) in [5.41, 5.74) is -0.376. The molecule has 0 bridgehead atoms. The number of nitrogens with one attached hydrogen (secondary N) is 3. The molecule has 3 unspecified atom stereocenters. The second-order valence-electron chi connectivity index (χ2n) is 7.57. The summed E-state index contributed by atoms with van der Waals surface area (Å²) in [4.78, 5) is 16.4. The molecule has 1 aliphatic rings. The lowest BCUT2D eigenvalue weighted by atomic mass is 9.95. The minimum Gasteiger partial charge on any atom is -0.357 e. The van der Waals surface area contributed by atoms with Gasteiger partial charge in [0.05, 0.1) is 6.54 Å². The monoisotopic (exact) mass is 372 g/mol. The van der Waals surface area contributed by atoms with Crippen LogP contribution in [0.1, 0.15) is 60.3 Å². The van der Waals surface area contributed by atoms with E-state index in [1.807, 2.05) is 34.6 Å². The molecule has 0 spiro atoms. The largest absolute Gasteiger partial charge is 0.357 e. The molecule has 1 amide bonds.